The molecular weight excluding hydrogens is 238 g/mol. The average molecular weight is 254 g/mol. The monoisotopic (exact) mass is 253 g/mol. The first-order chi connectivity index (χ1) is 6.65. The van der Waals surface area contributed by atoms with Gasteiger partial charge in [-0.05, 0) is 29.2 Å². The van der Waals surface area contributed by atoms with Gasteiger partial charge < -0.3 is 0 Å². The van der Waals surface area contributed by atoms with Gasteiger partial charge in [-0.3, -0.25) is 4.90 Å². The normalized spacial score (nSPS) is 16.3. The molecule has 0 spiro atoms. The molecule has 0 aromatic heterocycles. The SMILES string of the molecule is CC(C)CN1Cc2ccc(Br)cc2C1. The first kappa shape index (κ1) is 10.2. The van der Waals surface area contributed by atoms with Crippen molar-refractivity contribution in [3.8, 4) is 0 Å². The van der Waals surface area contributed by atoms with Crippen LogP contribution in [0.15, 0.2) is 22.7 Å². The number of rotatable bonds is 2. The third-order valence-corrected chi connectivity index (χ3v) is 3.07. The van der Waals surface area contributed by atoms with Gasteiger partial charge in [0.2, 0.25) is 0 Å². The van der Waals surface area contributed by atoms with Gasteiger partial charge >= 0.3 is 0 Å². The molecule has 0 fully saturated rings. The van der Waals surface area contributed by atoms with Crippen LogP contribution in [0.25, 0.3) is 0 Å². The summed E-state index contributed by atoms with van der Waals surface area (Å²) in [5, 5.41) is 0. The second-order valence-electron chi connectivity index (χ2n) is 4.48. The molecule has 1 aromatic carbocycles. The Bertz CT molecular complexity index is 333. The maximum atomic E-state index is 3.52. The van der Waals surface area contributed by atoms with Crippen LogP contribution in [0.2, 0.25) is 0 Å². The Balaban J connectivity index is 2.10. The molecule has 0 atom stereocenters. The maximum absolute atomic E-state index is 3.52. The maximum Gasteiger partial charge on any atom is 0.0241 e. The summed E-state index contributed by atoms with van der Waals surface area (Å²) in [6, 6.07) is 6.62. The van der Waals surface area contributed by atoms with Gasteiger partial charge in [0.15, 0.2) is 0 Å². The predicted octanol–water partition coefficient (Wildman–Crippen LogP) is 3.42. The number of hydrogen-bond acceptors (Lipinski definition) is 1. The number of halogens is 1. The lowest BCUT2D eigenvalue weighted by molar-refractivity contribution is 0.251. The van der Waals surface area contributed by atoms with Gasteiger partial charge in [0.25, 0.3) is 0 Å². The van der Waals surface area contributed by atoms with Gasteiger partial charge in [0, 0.05) is 24.1 Å². The summed E-state index contributed by atoms with van der Waals surface area (Å²) in [7, 11) is 0. The molecule has 0 saturated carbocycles. The molecule has 1 nitrogen and oxygen atoms in total. The van der Waals surface area contributed by atoms with Gasteiger partial charge in [0.05, 0.1) is 0 Å². The topological polar surface area (TPSA) is 3.24 Å². The van der Waals surface area contributed by atoms with Crippen LogP contribution in [-0.2, 0) is 13.1 Å². The highest BCUT2D eigenvalue weighted by Gasteiger charge is 2.18. The van der Waals surface area contributed by atoms with Crippen LogP contribution in [0.1, 0.15) is 25.0 Å². The molecule has 0 aliphatic carbocycles. The predicted molar refractivity (Wildman–Crippen MR) is 63.1 cm³/mol. The van der Waals surface area contributed by atoms with E-state index in [1.165, 1.54) is 22.1 Å². The summed E-state index contributed by atoms with van der Waals surface area (Å²) >= 11 is 3.52. The average Bonchev–Trinajstić information content (AvgIpc) is 2.44. The van der Waals surface area contributed by atoms with E-state index in [1.807, 2.05) is 0 Å². The van der Waals surface area contributed by atoms with Crippen molar-refractivity contribution < 1.29 is 0 Å². The molecule has 76 valence electrons. The lowest BCUT2D eigenvalue weighted by Crippen LogP contribution is -2.21. The zero-order valence-electron chi connectivity index (χ0n) is 8.76. The van der Waals surface area contributed by atoms with Gasteiger partial charge in [-0.1, -0.05) is 35.8 Å². The lowest BCUT2D eigenvalue weighted by Gasteiger charge is -2.16. The van der Waals surface area contributed by atoms with Crippen LogP contribution in [0.3, 0.4) is 0 Å². The van der Waals surface area contributed by atoms with E-state index in [4.69, 9.17) is 0 Å². The molecule has 0 radical (unpaired) electrons. The van der Waals surface area contributed by atoms with E-state index in [0.717, 1.165) is 19.0 Å². The van der Waals surface area contributed by atoms with E-state index in [0.29, 0.717) is 0 Å². The molecule has 0 saturated heterocycles. The van der Waals surface area contributed by atoms with E-state index >= 15 is 0 Å². The molecule has 14 heavy (non-hydrogen) atoms. The van der Waals surface area contributed by atoms with E-state index in [2.05, 4.69) is 52.9 Å². The summed E-state index contributed by atoms with van der Waals surface area (Å²) in [6.07, 6.45) is 0. The smallest absolute Gasteiger partial charge is 0.0241 e. The highest BCUT2D eigenvalue weighted by atomic mass is 79.9. The molecule has 0 N–H and O–H groups in total. The Kier molecular flexibility index (Phi) is 2.93. The zero-order valence-corrected chi connectivity index (χ0v) is 10.3. The van der Waals surface area contributed by atoms with Crippen LogP contribution in [0.5, 0.6) is 0 Å². The number of fused-ring (bicyclic) bond motifs is 1. The minimum atomic E-state index is 0.757. The largest absolute Gasteiger partial charge is 0.295 e. The van der Waals surface area contributed by atoms with Crippen molar-refractivity contribution in [2.24, 2.45) is 5.92 Å². The number of nitrogens with zero attached hydrogens (tertiary/aromatic N) is 1. The second kappa shape index (κ2) is 4.03. The standard InChI is InChI=1S/C12H16BrN/c1-9(2)6-14-7-10-3-4-12(13)5-11(10)8-14/h3-5,9H,6-8H2,1-2H3. The molecule has 0 bridgehead atoms. The second-order valence-corrected chi connectivity index (χ2v) is 5.39. The van der Waals surface area contributed by atoms with Crippen LogP contribution >= 0.6 is 15.9 Å². The first-order valence-electron chi connectivity index (χ1n) is 5.15. The molecule has 1 aromatic rings. The molecule has 1 heterocycles. The molecular formula is C12H16BrN. The van der Waals surface area contributed by atoms with Crippen molar-refractivity contribution in [1.29, 1.82) is 0 Å². The van der Waals surface area contributed by atoms with Crippen LogP contribution < -0.4 is 0 Å². The van der Waals surface area contributed by atoms with Crippen molar-refractivity contribution in [3.63, 3.8) is 0 Å². The summed E-state index contributed by atoms with van der Waals surface area (Å²) in [5.41, 5.74) is 2.98. The molecule has 2 rings (SSSR count). The van der Waals surface area contributed by atoms with E-state index < -0.39 is 0 Å². The van der Waals surface area contributed by atoms with Gasteiger partial charge in [-0.25, -0.2) is 0 Å². The fourth-order valence-corrected chi connectivity index (χ4v) is 2.49. The fraction of sp³-hybridized carbons (Fsp3) is 0.500. The van der Waals surface area contributed by atoms with Crippen molar-refractivity contribution >= 4 is 15.9 Å². The molecule has 1 aliphatic heterocycles. The third kappa shape index (κ3) is 2.18. The van der Waals surface area contributed by atoms with Crippen molar-refractivity contribution in [1.82, 2.24) is 4.90 Å². The minimum Gasteiger partial charge on any atom is -0.295 e. The van der Waals surface area contributed by atoms with Crippen molar-refractivity contribution in [3.05, 3.63) is 33.8 Å². The first-order valence-corrected chi connectivity index (χ1v) is 5.94. The molecule has 1 aliphatic rings. The Hall–Kier alpha value is -0.340. The quantitative estimate of drug-likeness (QED) is 0.781. The summed E-state index contributed by atoms with van der Waals surface area (Å²) in [4.78, 5) is 2.52. The van der Waals surface area contributed by atoms with Gasteiger partial charge in [-0.2, -0.15) is 0 Å². The van der Waals surface area contributed by atoms with Crippen LogP contribution in [0.4, 0.5) is 0 Å². The van der Waals surface area contributed by atoms with Crippen LogP contribution in [-0.4, -0.2) is 11.4 Å². The van der Waals surface area contributed by atoms with Crippen molar-refractivity contribution in [2.45, 2.75) is 26.9 Å². The lowest BCUT2D eigenvalue weighted by atomic mass is 10.1. The van der Waals surface area contributed by atoms with Gasteiger partial charge in [-0.15, -0.1) is 0 Å². The minimum absolute atomic E-state index is 0.757. The molecule has 2 heteroatoms. The summed E-state index contributed by atoms with van der Waals surface area (Å²) in [6.45, 7) is 8.00. The summed E-state index contributed by atoms with van der Waals surface area (Å²) < 4.78 is 1.20. The molecule has 0 amide bonds. The molecule has 0 unspecified atom stereocenters. The number of hydrogen-bond donors (Lipinski definition) is 0. The highest BCUT2D eigenvalue weighted by Crippen LogP contribution is 2.26. The number of benzene rings is 1. The Labute approximate surface area is 94.2 Å². The Morgan fingerprint density at radius 3 is 2.71 bits per heavy atom. The van der Waals surface area contributed by atoms with Gasteiger partial charge in [0.1, 0.15) is 0 Å². The zero-order chi connectivity index (χ0) is 10.1. The van der Waals surface area contributed by atoms with Crippen LogP contribution in [0, 0.1) is 5.92 Å². The Morgan fingerprint density at radius 2 is 2.00 bits per heavy atom. The highest BCUT2D eigenvalue weighted by molar-refractivity contribution is 9.10. The van der Waals surface area contributed by atoms with E-state index in [1.54, 1.807) is 0 Å². The third-order valence-electron chi connectivity index (χ3n) is 2.58. The van der Waals surface area contributed by atoms with Crippen molar-refractivity contribution in [2.75, 3.05) is 6.54 Å². The summed E-state index contributed by atoms with van der Waals surface area (Å²) in [5.74, 6) is 0.757. The Morgan fingerprint density at radius 1 is 1.29 bits per heavy atom. The van der Waals surface area contributed by atoms with E-state index in [9.17, 15) is 0 Å². The fourth-order valence-electron chi connectivity index (χ4n) is 2.08. The van der Waals surface area contributed by atoms with E-state index in [-0.39, 0.29) is 0 Å².